The topological polar surface area (TPSA) is 73.4 Å². The maximum absolute atomic E-state index is 11.3. The summed E-state index contributed by atoms with van der Waals surface area (Å²) in [7, 11) is 0. The summed E-state index contributed by atoms with van der Waals surface area (Å²) >= 11 is 1.60. The highest BCUT2D eigenvalue weighted by atomic mass is 32.2. The number of thioether (sulfide) groups is 1. The largest absolute Gasteiger partial charge is 0.448 e. The van der Waals surface area contributed by atoms with Crippen molar-refractivity contribution in [2.24, 2.45) is 0 Å². The van der Waals surface area contributed by atoms with Crippen molar-refractivity contribution in [2.75, 3.05) is 31.3 Å². The van der Waals surface area contributed by atoms with E-state index in [1.54, 1.807) is 21.3 Å². The minimum Gasteiger partial charge on any atom is -0.448 e. The maximum atomic E-state index is 11.3. The summed E-state index contributed by atoms with van der Waals surface area (Å²) in [4.78, 5) is 17.6. The SMILES string of the molecule is Nn1cc(-c2ccccc2)nc1SCCCN1CCOC1=O. The normalized spacial score (nSPS) is 14.4. The van der Waals surface area contributed by atoms with Crippen LogP contribution in [-0.4, -0.2) is 46.1 Å². The molecular formula is C15H18N4O2S. The van der Waals surface area contributed by atoms with E-state index in [1.807, 2.05) is 36.5 Å². The molecule has 0 bridgehead atoms. The van der Waals surface area contributed by atoms with Crippen molar-refractivity contribution < 1.29 is 9.53 Å². The van der Waals surface area contributed by atoms with Crippen LogP contribution in [0.3, 0.4) is 0 Å². The number of hydrogen-bond donors (Lipinski definition) is 1. The molecule has 0 unspecified atom stereocenters. The number of hydrogen-bond acceptors (Lipinski definition) is 5. The molecule has 1 amide bonds. The number of aromatic nitrogens is 2. The Balaban J connectivity index is 1.52. The van der Waals surface area contributed by atoms with Gasteiger partial charge < -0.3 is 15.5 Å². The summed E-state index contributed by atoms with van der Waals surface area (Å²) in [5, 5.41) is 0.780. The van der Waals surface area contributed by atoms with Gasteiger partial charge in [0.1, 0.15) is 6.61 Å². The van der Waals surface area contributed by atoms with Crippen LogP contribution >= 0.6 is 11.8 Å². The summed E-state index contributed by atoms with van der Waals surface area (Å²) in [6.07, 6.45) is 2.50. The highest BCUT2D eigenvalue weighted by Gasteiger charge is 2.20. The number of cyclic esters (lactones) is 1. The van der Waals surface area contributed by atoms with Gasteiger partial charge in [-0.05, 0) is 6.42 Å². The van der Waals surface area contributed by atoms with Crippen LogP contribution in [0.1, 0.15) is 6.42 Å². The van der Waals surface area contributed by atoms with Crippen LogP contribution in [0.4, 0.5) is 4.79 Å². The molecular weight excluding hydrogens is 300 g/mol. The Bertz CT molecular complexity index is 644. The van der Waals surface area contributed by atoms with E-state index in [2.05, 4.69) is 4.98 Å². The number of ether oxygens (including phenoxy) is 1. The molecule has 1 aromatic heterocycles. The third-order valence-corrected chi connectivity index (χ3v) is 4.47. The van der Waals surface area contributed by atoms with Gasteiger partial charge in [-0.2, -0.15) is 0 Å². The van der Waals surface area contributed by atoms with Crippen LogP contribution in [-0.2, 0) is 4.74 Å². The van der Waals surface area contributed by atoms with Crippen molar-refractivity contribution in [1.82, 2.24) is 14.6 Å². The predicted octanol–water partition coefficient (Wildman–Crippen LogP) is 2.20. The van der Waals surface area contributed by atoms with E-state index in [1.165, 1.54) is 0 Å². The molecule has 0 atom stereocenters. The molecule has 1 aliphatic rings. The van der Waals surface area contributed by atoms with E-state index in [4.69, 9.17) is 10.6 Å². The van der Waals surface area contributed by atoms with Crippen molar-refractivity contribution >= 4 is 17.9 Å². The fraction of sp³-hybridized carbons (Fsp3) is 0.333. The quantitative estimate of drug-likeness (QED) is 0.502. The van der Waals surface area contributed by atoms with E-state index >= 15 is 0 Å². The Morgan fingerprint density at radius 2 is 2.14 bits per heavy atom. The molecule has 7 heteroatoms. The molecule has 3 rings (SSSR count). The van der Waals surface area contributed by atoms with Crippen molar-refractivity contribution in [3.05, 3.63) is 36.5 Å². The van der Waals surface area contributed by atoms with Gasteiger partial charge in [0.2, 0.25) is 0 Å². The van der Waals surface area contributed by atoms with Crippen LogP contribution in [0.2, 0.25) is 0 Å². The van der Waals surface area contributed by atoms with Gasteiger partial charge in [-0.1, -0.05) is 42.1 Å². The van der Waals surface area contributed by atoms with Gasteiger partial charge in [0, 0.05) is 17.9 Å². The lowest BCUT2D eigenvalue weighted by Gasteiger charge is -2.11. The second-order valence-electron chi connectivity index (χ2n) is 4.99. The molecule has 2 heterocycles. The van der Waals surface area contributed by atoms with Crippen LogP contribution in [0.25, 0.3) is 11.3 Å². The van der Waals surface area contributed by atoms with E-state index in [0.717, 1.165) is 28.6 Å². The fourth-order valence-corrected chi connectivity index (χ4v) is 3.10. The molecule has 1 fully saturated rings. The summed E-state index contributed by atoms with van der Waals surface area (Å²) < 4.78 is 6.45. The molecule has 22 heavy (non-hydrogen) atoms. The molecule has 1 saturated heterocycles. The summed E-state index contributed by atoms with van der Waals surface area (Å²) in [5.74, 6) is 6.81. The highest BCUT2D eigenvalue weighted by molar-refractivity contribution is 7.99. The third-order valence-electron chi connectivity index (χ3n) is 3.42. The van der Waals surface area contributed by atoms with Crippen LogP contribution < -0.4 is 5.84 Å². The lowest BCUT2D eigenvalue weighted by atomic mass is 10.2. The number of nitrogens with two attached hydrogens (primary N) is 1. The lowest BCUT2D eigenvalue weighted by Crippen LogP contribution is -2.25. The smallest absolute Gasteiger partial charge is 0.409 e. The van der Waals surface area contributed by atoms with Gasteiger partial charge in [0.15, 0.2) is 5.16 Å². The first-order valence-corrected chi connectivity index (χ1v) is 8.17. The van der Waals surface area contributed by atoms with E-state index < -0.39 is 0 Å². The van der Waals surface area contributed by atoms with Crippen molar-refractivity contribution in [1.29, 1.82) is 0 Å². The number of carbonyl (C=O) groups excluding carboxylic acids is 1. The molecule has 0 spiro atoms. The minimum atomic E-state index is -0.211. The number of nitrogen functional groups attached to an aromatic ring is 1. The van der Waals surface area contributed by atoms with Crippen LogP contribution in [0.15, 0.2) is 41.7 Å². The molecule has 0 aliphatic carbocycles. The summed E-state index contributed by atoms with van der Waals surface area (Å²) in [6, 6.07) is 9.95. The van der Waals surface area contributed by atoms with E-state index in [9.17, 15) is 4.79 Å². The molecule has 0 saturated carbocycles. The molecule has 1 aromatic carbocycles. The molecule has 116 valence electrons. The number of imidazole rings is 1. The average Bonchev–Trinajstić information content (AvgIpc) is 3.11. The van der Waals surface area contributed by atoms with Gasteiger partial charge in [-0.25, -0.2) is 14.5 Å². The Morgan fingerprint density at radius 1 is 1.32 bits per heavy atom. The fourth-order valence-electron chi connectivity index (χ4n) is 2.28. The Labute approximate surface area is 133 Å². The van der Waals surface area contributed by atoms with Crippen molar-refractivity contribution in [2.45, 2.75) is 11.6 Å². The van der Waals surface area contributed by atoms with Gasteiger partial charge >= 0.3 is 6.09 Å². The van der Waals surface area contributed by atoms with Crippen molar-refractivity contribution in [3.8, 4) is 11.3 Å². The lowest BCUT2D eigenvalue weighted by molar-refractivity contribution is 0.158. The monoisotopic (exact) mass is 318 g/mol. The Hall–Kier alpha value is -2.15. The number of carbonyl (C=O) groups is 1. The van der Waals surface area contributed by atoms with E-state index in [-0.39, 0.29) is 6.09 Å². The van der Waals surface area contributed by atoms with Crippen LogP contribution in [0.5, 0.6) is 0 Å². The number of benzene rings is 1. The van der Waals surface area contributed by atoms with Gasteiger partial charge in [0.05, 0.1) is 18.4 Å². The first kappa shape index (κ1) is 14.8. The van der Waals surface area contributed by atoms with Gasteiger partial charge in [0.25, 0.3) is 0 Å². The Morgan fingerprint density at radius 3 is 2.86 bits per heavy atom. The van der Waals surface area contributed by atoms with Gasteiger partial charge in [-0.15, -0.1) is 0 Å². The minimum absolute atomic E-state index is 0.211. The predicted molar refractivity (Wildman–Crippen MR) is 86.1 cm³/mol. The molecule has 1 aliphatic heterocycles. The van der Waals surface area contributed by atoms with E-state index in [0.29, 0.717) is 19.7 Å². The molecule has 2 N–H and O–H groups in total. The van der Waals surface area contributed by atoms with Crippen LogP contribution in [0, 0.1) is 0 Å². The third kappa shape index (κ3) is 3.36. The number of amides is 1. The highest BCUT2D eigenvalue weighted by Crippen LogP contribution is 2.23. The Kier molecular flexibility index (Phi) is 4.53. The molecule has 0 radical (unpaired) electrons. The zero-order chi connectivity index (χ0) is 15.4. The zero-order valence-electron chi connectivity index (χ0n) is 12.1. The summed E-state index contributed by atoms with van der Waals surface area (Å²) in [5.41, 5.74) is 1.92. The summed E-state index contributed by atoms with van der Waals surface area (Å²) in [6.45, 7) is 1.90. The van der Waals surface area contributed by atoms with Gasteiger partial charge in [-0.3, -0.25) is 0 Å². The number of nitrogens with zero attached hydrogens (tertiary/aromatic N) is 3. The molecule has 2 aromatic rings. The first-order valence-electron chi connectivity index (χ1n) is 7.18. The number of rotatable bonds is 6. The average molecular weight is 318 g/mol. The second kappa shape index (κ2) is 6.74. The van der Waals surface area contributed by atoms with Crippen molar-refractivity contribution in [3.63, 3.8) is 0 Å². The maximum Gasteiger partial charge on any atom is 0.409 e. The first-order chi connectivity index (χ1) is 10.7. The zero-order valence-corrected chi connectivity index (χ0v) is 13.0. The standard InChI is InChI=1S/C15H18N4O2S/c16-19-11-13(12-5-2-1-3-6-12)17-14(19)22-10-4-7-18-8-9-21-15(18)20/h1-3,5-6,11H,4,7-10,16H2. The second-order valence-corrected chi connectivity index (χ2v) is 6.05. The molecule has 6 nitrogen and oxygen atoms in total.